The second kappa shape index (κ2) is 6.40. The lowest BCUT2D eigenvalue weighted by Crippen LogP contribution is -2.15. The van der Waals surface area contributed by atoms with Crippen molar-refractivity contribution in [2.45, 2.75) is 0 Å². The minimum atomic E-state index is -1.45. The molecule has 2 aromatic rings. The van der Waals surface area contributed by atoms with E-state index in [0.29, 0.717) is 5.02 Å². The van der Waals surface area contributed by atoms with Gasteiger partial charge in [0.25, 0.3) is 5.91 Å². The van der Waals surface area contributed by atoms with Gasteiger partial charge in [0.05, 0.1) is 10.7 Å². The van der Waals surface area contributed by atoms with Crippen LogP contribution in [0.15, 0.2) is 36.4 Å². The first-order chi connectivity index (χ1) is 9.90. The van der Waals surface area contributed by atoms with Gasteiger partial charge in [0.15, 0.2) is 0 Å². The number of amides is 1. The van der Waals surface area contributed by atoms with Gasteiger partial charge in [0, 0.05) is 9.13 Å². The molecule has 0 unspecified atom stereocenters. The molecule has 0 heterocycles. The molecule has 0 aromatic heterocycles. The Morgan fingerprint density at radius 2 is 1.95 bits per heavy atom. The summed E-state index contributed by atoms with van der Waals surface area (Å²) in [6.07, 6.45) is 0. The van der Waals surface area contributed by atoms with Crippen molar-refractivity contribution in [3.8, 4) is 0 Å². The molecule has 2 aromatic carbocycles. The predicted octanol–water partition coefficient (Wildman–Crippen LogP) is 4.03. The number of benzene rings is 2. The zero-order valence-corrected chi connectivity index (χ0v) is 13.3. The van der Waals surface area contributed by atoms with Gasteiger partial charge in [-0.3, -0.25) is 4.79 Å². The number of carbonyl (C=O) groups excluding carboxylic acids is 1. The van der Waals surface area contributed by atoms with E-state index in [9.17, 15) is 14.0 Å². The molecule has 1 amide bonds. The molecule has 0 saturated heterocycles. The van der Waals surface area contributed by atoms with E-state index in [-0.39, 0.29) is 11.3 Å². The fraction of sp³-hybridized carbons (Fsp3) is 0. The summed E-state index contributed by atoms with van der Waals surface area (Å²) in [6.45, 7) is 0. The third-order valence-corrected chi connectivity index (χ3v) is 4.23. The van der Waals surface area contributed by atoms with Crippen molar-refractivity contribution in [1.82, 2.24) is 0 Å². The van der Waals surface area contributed by atoms with Crippen LogP contribution in [0, 0.1) is 9.39 Å². The molecular weight excluding hydrogens is 412 g/mol. The lowest BCUT2D eigenvalue weighted by molar-refractivity contribution is 0.0693. The average Bonchev–Trinajstić information content (AvgIpc) is 2.41. The highest BCUT2D eigenvalue weighted by molar-refractivity contribution is 14.1. The molecule has 0 atom stereocenters. The molecule has 0 fully saturated rings. The molecule has 0 radical (unpaired) electrons. The number of aromatic carboxylic acids is 1. The minimum Gasteiger partial charge on any atom is -0.478 e. The highest BCUT2D eigenvalue weighted by atomic mass is 127. The molecular formula is C14H8ClFINO3. The molecule has 0 aliphatic carbocycles. The Balaban J connectivity index is 2.34. The number of rotatable bonds is 3. The van der Waals surface area contributed by atoms with Crippen LogP contribution < -0.4 is 5.32 Å². The third kappa shape index (κ3) is 3.51. The van der Waals surface area contributed by atoms with E-state index < -0.39 is 23.3 Å². The molecule has 0 aliphatic rings. The average molecular weight is 420 g/mol. The SMILES string of the molecule is O=C(Nc1cccc(F)c1C(=O)O)c1ccc(I)c(Cl)c1. The number of halogens is 3. The number of nitrogens with one attached hydrogen (secondary N) is 1. The van der Waals surface area contributed by atoms with Crippen molar-refractivity contribution in [3.05, 3.63) is 61.9 Å². The first-order valence-electron chi connectivity index (χ1n) is 5.68. The summed E-state index contributed by atoms with van der Waals surface area (Å²) in [5.74, 6) is -2.94. The quantitative estimate of drug-likeness (QED) is 0.738. The van der Waals surface area contributed by atoms with E-state index in [2.05, 4.69) is 5.32 Å². The summed E-state index contributed by atoms with van der Waals surface area (Å²) >= 11 is 7.94. The summed E-state index contributed by atoms with van der Waals surface area (Å²) in [7, 11) is 0. The highest BCUT2D eigenvalue weighted by Crippen LogP contribution is 2.22. The molecule has 4 nitrogen and oxygen atoms in total. The van der Waals surface area contributed by atoms with Crippen molar-refractivity contribution in [2.24, 2.45) is 0 Å². The molecule has 2 N–H and O–H groups in total. The zero-order valence-electron chi connectivity index (χ0n) is 10.4. The van der Waals surface area contributed by atoms with Gasteiger partial charge in [-0.1, -0.05) is 17.7 Å². The lowest BCUT2D eigenvalue weighted by atomic mass is 10.1. The van der Waals surface area contributed by atoms with Crippen molar-refractivity contribution >= 4 is 51.8 Å². The largest absolute Gasteiger partial charge is 0.478 e. The van der Waals surface area contributed by atoms with Gasteiger partial charge in [0.1, 0.15) is 11.4 Å². The van der Waals surface area contributed by atoms with Crippen LogP contribution in [0.3, 0.4) is 0 Å². The Morgan fingerprint density at radius 3 is 2.57 bits per heavy atom. The van der Waals surface area contributed by atoms with Crippen LogP contribution in [0.2, 0.25) is 5.02 Å². The van der Waals surface area contributed by atoms with Crippen LogP contribution in [0.5, 0.6) is 0 Å². The summed E-state index contributed by atoms with van der Waals surface area (Å²) in [5.41, 5.74) is -0.439. The summed E-state index contributed by atoms with van der Waals surface area (Å²) < 4.78 is 14.3. The molecule has 2 rings (SSSR count). The van der Waals surface area contributed by atoms with Gasteiger partial charge >= 0.3 is 5.97 Å². The maximum atomic E-state index is 13.5. The number of carboxylic acid groups (broad SMARTS) is 1. The van der Waals surface area contributed by atoms with E-state index in [1.54, 1.807) is 12.1 Å². The first kappa shape index (κ1) is 15.7. The summed E-state index contributed by atoms with van der Waals surface area (Å²) in [6, 6.07) is 8.31. The van der Waals surface area contributed by atoms with Crippen molar-refractivity contribution in [1.29, 1.82) is 0 Å². The Hall–Kier alpha value is -1.67. The van der Waals surface area contributed by atoms with Gasteiger partial charge in [0.2, 0.25) is 0 Å². The van der Waals surface area contributed by atoms with E-state index in [0.717, 1.165) is 9.64 Å². The number of carboxylic acids is 1. The van der Waals surface area contributed by atoms with E-state index >= 15 is 0 Å². The zero-order chi connectivity index (χ0) is 15.6. The van der Waals surface area contributed by atoms with Crippen LogP contribution in [-0.4, -0.2) is 17.0 Å². The minimum absolute atomic E-state index is 0.109. The Kier molecular flexibility index (Phi) is 4.79. The predicted molar refractivity (Wildman–Crippen MR) is 85.5 cm³/mol. The molecule has 21 heavy (non-hydrogen) atoms. The fourth-order valence-corrected chi connectivity index (χ4v) is 2.19. The number of anilines is 1. The van der Waals surface area contributed by atoms with Gasteiger partial charge in [-0.2, -0.15) is 0 Å². The molecule has 0 saturated carbocycles. The standard InChI is InChI=1S/C14H8ClFINO3/c15-8-6-7(4-5-10(8)17)13(19)18-11-3-1-2-9(16)12(11)14(20)21/h1-6H,(H,18,19)(H,20,21). The second-order valence-corrected chi connectivity index (χ2v) is 5.62. The van der Waals surface area contributed by atoms with Gasteiger partial charge in [-0.25, -0.2) is 9.18 Å². The van der Waals surface area contributed by atoms with Gasteiger partial charge in [-0.05, 0) is 52.9 Å². The van der Waals surface area contributed by atoms with Gasteiger partial charge < -0.3 is 10.4 Å². The Bertz CT molecular complexity index is 736. The maximum Gasteiger partial charge on any atom is 0.340 e. The van der Waals surface area contributed by atoms with Gasteiger partial charge in [-0.15, -0.1) is 0 Å². The van der Waals surface area contributed by atoms with Crippen LogP contribution in [0.4, 0.5) is 10.1 Å². The summed E-state index contributed by atoms with van der Waals surface area (Å²) in [5, 5.41) is 11.8. The maximum absolute atomic E-state index is 13.5. The number of hydrogen-bond acceptors (Lipinski definition) is 2. The second-order valence-electron chi connectivity index (χ2n) is 4.05. The molecule has 108 valence electrons. The molecule has 0 aliphatic heterocycles. The van der Waals surface area contributed by atoms with E-state index in [4.69, 9.17) is 16.7 Å². The number of carbonyl (C=O) groups is 2. The Labute approximate surface area is 138 Å². The van der Waals surface area contributed by atoms with Crippen LogP contribution in [0.25, 0.3) is 0 Å². The van der Waals surface area contributed by atoms with E-state index in [1.165, 1.54) is 18.2 Å². The topological polar surface area (TPSA) is 66.4 Å². The Morgan fingerprint density at radius 1 is 1.24 bits per heavy atom. The fourth-order valence-electron chi connectivity index (χ4n) is 1.68. The van der Waals surface area contributed by atoms with Crippen LogP contribution >= 0.6 is 34.2 Å². The first-order valence-corrected chi connectivity index (χ1v) is 7.14. The third-order valence-electron chi connectivity index (χ3n) is 2.66. The van der Waals surface area contributed by atoms with Crippen LogP contribution in [-0.2, 0) is 0 Å². The molecule has 0 bridgehead atoms. The molecule has 0 spiro atoms. The van der Waals surface area contributed by atoms with Crippen molar-refractivity contribution in [3.63, 3.8) is 0 Å². The lowest BCUT2D eigenvalue weighted by Gasteiger charge is -2.09. The molecule has 7 heteroatoms. The highest BCUT2D eigenvalue weighted by Gasteiger charge is 2.18. The van der Waals surface area contributed by atoms with Crippen molar-refractivity contribution < 1.29 is 19.1 Å². The smallest absolute Gasteiger partial charge is 0.340 e. The van der Waals surface area contributed by atoms with Crippen LogP contribution in [0.1, 0.15) is 20.7 Å². The summed E-state index contributed by atoms with van der Waals surface area (Å²) in [4.78, 5) is 23.1. The van der Waals surface area contributed by atoms with Crippen molar-refractivity contribution in [2.75, 3.05) is 5.32 Å². The number of hydrogen-bond donors (Lipinski definition) is 2. The van der Waals surface area contributed by atoms with E-state index in [1.807, 2.05) is 22.6 Å². The monoisotopic (exact) mass is 419 g/mol. The normalized spacial score (nSPS) is 10.2.